The molecular weight excluding hydrogens is 258 g/mol. The SMILES string of the molecule is CC(C)(C)CC(=O)N(CC(=O)Nc1ccon1)C1CC1. The largest absolute Gasteiger partial charge is 0.363 e. The molecule has 0 atom stereocenters. The highest BCUT2D eigenvalue weighted by molar-refractivity contribution is 5.94. The third kappa shape index (κ3) is 4.36. The van der Waals surface area contributed by atoms with Gasteiger partial charge in [-0.3, -0.25) is 9.59 Å². The molecule has 0 saturated heterocycles. The van der Waals surface area contributed by atoms with Crippen LogP contribution < -0.4 is 5.32 Å². The fourth-order valence-electron chi connectivity index (χ4n) is 1.98. The van der Waals surface area contributed by atoms with Gasteiger partial charge in [0.1, 0.15) is 12.8 Å². The first-order valence-corrected chi connectivity index (χ1v) is 6.85. The van der Waals surface area contributed by atoms with Gasteiger partial charge in [0.05, 0.1) is 0 Å². The standard InChI is InChI=1S/C14H21N3O3/c1-14(2,3)8-13(19)17(10-4-5-10)9-12(18)15-11-6-7-20-16-11/h6-7,10H,4-5,8-9H2,1-3H3,(H,15,16,18). The van der Waals surface area contributed by atoms with Gasteiger partial charge < -0.3 is 14.7 Å². The van der Waals surface area contributed by atoms with Crippen LogP contribution in [0, 0.1) is 5.41 Å². The van der Waals surface area contributed by atoms with Crippen LogP contribution in [0.5, 0.6) is 0 Å². The lowest BCUT2D eigenvalue weighted by atomic mass is 9.91. The molecule has 0 radical (unpaired) electrons. The monoisotopic (exact) mass is 279 g/mol. The fourth-order valence-corrected chi connectivity index (χ4v) is 1.98. The van der Waals surface area contributed by atoms with Crippen LogP contribution in [0.4, 0.5) is 5.82 Å². The Hall–Kier alpha value is -1.85. The first-order valence-electron chi connectivity index (χ1n) is 6.85. The maximum absolute atomic E-state index is 12.3. The number of nitrogens with one attached hydrogen (secondary N) is 1. The predicted octanol–water partition coefficient (Wildman–Crippen LogP) is 2.04. The Balaban J connectivity index is 1.92. The minimum absolute atomic E-state index is 0.0373. The van der Waals surface area contributed by atoms with Crippen LogP contribution in [0.3, 0.4) is 0 Å². The Morgan fingerprint density at radius 3 is 2.65 bits per heavy atom. The average molecular weight is 279 g/mol. The van der Waals surface area contributed by atoms with Gasteiger partial charge in [0.2, 0.25) is 11.8 Å². The van der Waals surface area contributed by atoms with Crippen molar-refractivity contribution >= 4 is 17.6 Å². The van der Waals surface area contributed by atoms with Crippen molar-refractivity contribution in [1.29, 1.82) is 0 Å². The summed E-state index contributed by atoms with van der Waals surface area (Å²) in [6, 6.07) is 1.78. The molecule has 1 heterocycles. The van der Waals surface area contributed by atoms with E-state index in [1.54, 1.807) is 11.0 Å². The number of carbonyl (C=O) groups is 2. The lowest BCUT2D eigenvalue weighted by Crippen LogP contribution is -2.41. The van der Waals surface area contributed by atoms with Gasteiger partial charge in [0.15, 0.2) is 5.82 Å². The molecule has 0 spiro atoms. The van der Waals surface area contributed by atoms with E-state index in [0.717, 1.165) is 12.8 Å². The van der Waals surface area contributed by atoms with Crippen molar-refractivity contribution < 1.29 is 14.1 Å². The summed E-state index contributed by atoms with van der Waals surface area (Å²) >= 11 is 0. The summed E-state index contributed by atoms with van der Waals surface area (Å²) in [5, 5.41) is 6.23. The van der Waals surface area contributed by atoms with Gasteiger partial charge in [-0.05, 0) is 18.3 Å². The Morgan fingerprint density at radius 1 is 1.45 bits per heavy atom. The summed E-state index contributed by atoms with van der Waals surface area (Å²) in [5.41, 5.74) is -0.0766. The summed E-state index contributed by atoms with van der Waals surface area (Å²) in [5.74, 6) is 0.164. The number of hydrogen-bond donors (Lipinski definition) is 1. The molecule has 1 aliphatic carbocycles. The normalized spacial score (nSPS) is 14.9. The predicted molar refractivity (Wildman–Crippen MR) is 73.9 cm³/mol. The minimum Gasteiger partial charge on any atom is -0.363 e. The van der Waals surface area contributed by atoms with Crippen LogP contribution >= 0.6 is 0 Å². The van der Waals surface area contributed by atoms with Gasteiger partial charge in [-0.2, -0.15) is 0 Å². The number of aromatic nitrogens is 1. The molecule has 0 aliphatic heterocycles. The number of carbonyl (C=O) groups excluding carboxylic acids is 2. The van der Waals surface area contributed by atoms with E-state index in [9.17, 15) is 9.59 Å². The van der Waals surface area contributed by atoms with Crippen LogP contribution in [-0.2, 0) is 9.59 Å². The smallest absolute Gasteiger partial charge is 0.245 e. The first-order chi connectivity index (χ1) is 9.35. The van der Waals surface area contributed by atoms with E-state index in [1.165, 1.54) is 6.26 Å². The Kier molecular flexibility index (Phi) is 4.11. The third-order valence-electron chi connectivity index (χ3n) is 3.01. The Morgan fingerprint density at radius 2 is 2.15 bits per heavy atom. The van der Waals surface area contributed by atoms with Gasteiger partial charge in [0.25, 0.3) is 0 Å². The Bertz CT molecular complexity index is 472. The molecule has 20 heavy (non-hydrogen) atoms. The maximum atomic E-state index is 12.3. The highest BCUT2D eigenvalue weighted by Crippen LogP contribution is 2.29. The van der Waals surface area contributed by atoms with Crippen molar-refractivity contribution in [2.45, 2.75) is 46.1 Å². The number of nitrogens with zero attached hydrogens (tertiary/aromatic N) is 2. The van der Waals surface area contributed by atoms with E-state index in [-0.39, 0.29) is 29.8 Å². The number of amides is 2. The summed E-state index contributed by atoms with van der Waals surface area (Å²) in [4.78, 5) is 25.9. The zero-order valence-electron chi connectivity index (χ0n) is 12.2. The molecule has 0 unspecified atom stereocenters. The van der Waals surface area contributed by atoms with Crippen molar-refractivity contribution in [3.8, 4) is 0 Å². The summed E-state index contributed by atoms with van der Waals surface area (Å²) in [7, 11) is 0. The molecule has 1 fully saturated rings. The lowest BCUT2D eigenvalue weighted by molar-refractivity contribution is -0.136. The molecule has 0 aromatic carbocycles. The fraction of sp³-hybridized carbons (Fsp3) is 0.643. The number of anilines is 1. The van der Waals surface area contributed by atoms with E-state index in [1.807, 2.05) is 20.8 Å². The molecule has 1 aromatic rings. The molecule has 6 heteroatoms. The van der Waals surface area contributed by atoms with E-state index < -0.39 is 0 Å². The van der Waals surface area contributed by atoms with Crippen LogP contribution in [0.2, 0.25) is 0 Å². The highest BCUT2D eigenvalue weighted by Gasteiger charge is 2.35. The number of rotatable bonds is 5. The van der Waals surface area contributed by atoms with E-state index >= 15 is 0 Å². The van der Waals surface area contributed by atoms with Crippen LogP contribution in [-0.4, -0.2) is 34.5 Å². The third-order valence-corrected chi connectivity index (χ3v) is 3.01. The minimum atomic E-state index is -0.243. The summed E-state index contributed by atoms with van der Waals surface area (Å²) in [6.07, 6.45) is 3.79. The molecule has 1 N–H and O–H groups in total. The summed E-state index contributed by atoms with van der Waals surface area (Å²) < 4.78 is 4.65. The molecular formula is C14H21N3O3. The van der Waals surface area contributed by atoms with Crippen molar-refractivity contribution in [1.82, 2.24) is 10.1 Å². The second-order valence-corrected chi connectivity index (χ2v) is 6.42. The van der Waals surface area contributed by atoms with Crippen LogP contribution in [0.15, 0.2) is 16.9 Å². The van der Waals surface area contributed by atoms with Gasteiger partial charge in [-0.25, -0.2) is 0 Å². The number of hydrogen-bond acceptors (Lipinski definition) is 4. The Labute approximate surface area is 118 Å². The van der Waals surface area contributed by atoms with Crippen molar-refractivity contribution in [2.24, 2.45) is 5.41 Å². The first kappa shape index (κ1) is 14.6. The van der Waals surface area contributed by atoms with Gasteiger partial charge in [-0.1, -0.05) is 25.9 Å². The zero-order valence-corrected chi connectivity index (χ0v) is 12.2. The second kappa shape index (κ2) is 5.64. The highest BCUT2D eigenvalue weighted by atomic mass is 16.5. The van der Waals surface area contributed by atoms with Crippen LogP contribution in [0.1, 0.15) is 40.0 Å². The zero-order chi connectivity index (χ0) is 14.8. The van der Waals surface area contributed by atoms with Gasteiger partial charge in [-0.15, -0.1) is 0 Å². The van der Waals surface area contributed by atoms with Crippen LogP contribution in [0.25, 0.3) is 0 Å². The molecule has 0 bridgehead atoms. The van der Waals surface area contributed by atoms with E-state index in [4.69, 9.17) is 0 Å². The quantitative estimate of drug-likeness (QED) is 0.895. The lowest BCUT2D eigenvalue weighted by Gasteiger charge is -2.26. The van der Waals surface area contributed by atoms with Gasteiger partial charge in [0, 0.05) is 18.5 Å². The van der Waals surface area contributed by atoms with Gasteiger partial charge >= 0.3 is 0 Å². The van der Waals surface area contributed by atoms with E-state index in [0.29, 0.717) is 12.2 Å². The van der Waals surface area contributed by atoms with E-state index in [2.05, 4.69) is 15.0 Å². The maximum Gasteiger partial charge on any atom is 0.245 e. The molecule has 6 nitrogen and oxygen atoms in total. The summed E-state index contributed by atoms with van der Waals surface area (Å²) in [6.45, 7) is 6.13. The molecule has 1 aromatic heterocycles. The molecule has 1 saturated carbocycles. The molecule has 2 rings (SSSR count). The van der Waals surface area contributed by atoms with Crippen molar-refractivity contribution in [3.05, 3.63) is 12.3 Å². The molecule has 110 valence electrons. The van der Waals surface area contributed by atoms with Crippen molar-refractivity contribution in [2.75, 3.05) is 11.9 Å². The average Bonchev–Trinajstić information content (AvgIpc) is 3.02. The topological polar surface area (TPSA) is 75.4 Å². The molecule has 1 aliphatic rings. The van der Waals surface area contributed by atoms with Crippen molar-refractivity contribution in [3.63, 3.8) is 0 Å². The molecule has 2 amide bonds. The second-order valence-electron chi connectivity index (χ2n) is 6.42.